The van der Waals surface area contributed by atoms with E-state index in [9.17, 15) is 14.7 Å². The number of nitrogens with one attached hydrogen (secondary N) is 1. The van der Waals surface area contributed by atoms with Crippen molar-refractivity contribution in [3.8, 4) is 0 Å². The van der Waals surface area contributed by atoms with Crippen molar-refractivity contribution in [2.24, 2.45) is 14.1 Å². The Hall–Kier alpha value is -1.40. The van der Waals surface area contributed by atoms with Crippen LogP contribution in [0.25, 0.3) is 0 Å². The second kappa shape index (κ2) is 5.49. The number of aromatic nitrogens is 2. The lowest BCUT2D eigenvalue weighted by Gasteiger charge is -2.27. The molecule has 18 heavy (non-hydrogen) atoms. The Labute approximate surface area is 106 Å². The molecule has 102 valence electrons. The molecule has 0 bridgehead atoms. The summed E-state index contributed by atoms with van der Waals surface area (Å²) in [7, 11) is 3.08. The van der Waals surface area contributed by atoms with E-state index in [1.807, 2.05) is 13.8 Å². The van der Waals surface area contributed by atoms with E-state index in [0.717, 1.165) is 11.0 Å². The molecule has 0 radical (unpaired) electrons. The first-order chi connectivity index (χ1) is 8.34. The van der Waals surface area contributed by atoms with Crippen molar-refractivity contribution in [3.63, 3.8) is 0 Å². The standard InChI is InChI=1S/C12H21N3O3/c1-5-12(2,8-16)13-7-9-6-10(17)15(4)11(18)14(9)3/h6,13,16H,5,7-8H2,1-4H3. The Morgan fingerprint density at radius 2 is 1.94 bits per heavy atom. The summed E-state index contributed by atoms with van der Waals surface area (Å²) in [4.78, 5) is 23.3. The lowest BCUT2D eigenvalue weighted by atomic mass is 10.0. The van der Waals surface area contributed by atoms with Gasteiger partial charge in [0.15, 0.2) is 0 Å². The van der Waals surface area contributed by atoms with E-state index < -0.39 is 5.54 Å². The van der Waals surface area contributed by atoms with Gasteiger partial charge in [-0.1, -0.05) is 6.92 Å². The molecule has 0 aliphatic rings. The summed E-state index contributed by atoms with van der Waals surface area (Å²) in [5, 5.41) is 12.5. The fourth-order valence-corrected chi connectivity index (χ4v) is 1.54. The van der Waals surface area contributed by atoms with Gasteiger partial charge in [-0.05, 0) is 13.3 Å². The smallest absolute Gasteiger partial charge is 0.330 e. The van der Waals surface area contributed by atoms with Crippen LogP contribution in [0.15, 0.2) is 15.7 Å². The van der Waals surface area contributed by atoms with Crippen LogP contribution in [0.1, 0.15) is 26.0 Å². The third kappa shape index (κ3) is 2.88. The number of aliphatic hydroxyl groups is 1. The molecule has 1 atom stereocenters. The van der Waals surface area contributed by atoms with E-state index >= 15 is 0 Å². The molecule has 0 saturated heterocycles. The molecule has 1 rings (SSSR count). The number of hydrogen-bond donors (Lipinski definition) is 2. The maximum Gasteiger partial charge on any atom is 0.330 e. The largest absolute Gasteiger partial charge is 0.394 e. The summed E-state index contributed by atoms with van der Waals surface area (Å²) in [6, 6.07) is 1.43. The molecule has 0 fully saturated rings. The second-order valence-electron chi connectivity index (χ2n) is 4.80. The first-order valence-corrected chi connectivity index (χ1v) is 5.96. The van der Waals surface area contributed by atoms with Crippen LogP contribution in [-0.4, -0.2) is 26.4 Å². The molecule has 6 nitrogen and oxygen atoms in total. The van der Waals surface area contributed by atoms with Gasteiger partial charge in [0, 0.05) is 37.9 Å². The maximum absolute atomic E-state index is 11.7. The summed E-state index contributed by atoms with van der Waals surface area (Å²) >= 11 is 0. The molecule has 6 heteroatoms. The average molecular weight is 255 g/mol. The molecule has 0 aromatic carbocycles. The highest BCUT2D eigenvalue weighted by Gasteiger charge is 2.20. The van der Waals surface area contributed by atoms with E-state index in [4.69, 9.17) is 0 Å². The van der Waals surface area contributed by atoms with Crippen molar-refractivity contribution in [2.75, 3.05) is 6.61 Å². The number of rotatable bonds is 5. The Morgan fingerprint density at radius 1 is 1.33 bits per heavy atom. The Balaban J connectivity index is 3.00. The minimum Gasteiger partial charge on any atom is -0.394 e. The van der Waals surface area contributed by atoms with Crippen LogP contribution < -0.4 is 16.6 Å². The molecule has 2 N–H and O–H groups in total. The molecular formula is C12H21N3O3. The number of nitrogens with zero attached hydrogens (tertiary/aromatic N) is 2. The second-order valence-corrected chi connectivity index (χ2v) is 4.80. The summed E-state index contributed by atoms with van der Waals surface area (Å²) in [5.41, 5.74) is -0.466. The van der Waals surface area contributed by atoms with Crippen LogP contribution in [0.2, 0.25) is 0 Å². The molecule has 0 amide bonds. The van der Waals surface area contributed by atoms with Gasteiger partial charge in [-0.25, -0.2) is 4.79 Å². The van der Waals surface area contributed by atoms with Crippen LogP contribution in [0.4, 0.5) is 0 Å². The zero-order valence-corrected chi connectivity index (χ0v) is 11.4. The van der Waals surface area contributed by atoms with Crippen LogP contribution in [-0.2, 0) is 20.6 Å². The fourth-order valence-electron chi connectivity index (χ4n) is 1.54. The zero-order valence-electron chi connectivity index (χ0n) is 11.4. The molecule has 0 aliphatic heterocycles. The molecule has 0 spiro atoms. The minimum atomic E-state index is -0.406. The highest BCUT2D eigenvalue weighted by Crippen LogP contribution is 2.08. The predicted octanol–water partition coefficient (Wildman–Crippen LogP) is -0.665. The Bertz CT molecular complexity index is 526. The Kier molecular flexibility index (Phi) is 4.48. The van der Waals surface area contributed by atoms with Gasteiger partial charge in [0.2, 0.25) is 0 Å². The molecule has 0 aliphatic carbocycles. The normalized spacial score (nSPS) is 14.5. The summed E-state index contributed by atoms with van der Waals surface area (Å²) in [5.74, 6) is 0. The fraction of sp³-hybridized carbons (Fsp3) is 0.667. The van der Waals surface area contributed by atoms with Gasteiger partial charge in [0.1, 0.15) is 0 Å². The molecule has 1 heterocycles. The lowest BCUT2D eigenvalue weighted by Crippen LogP contribution is -2.46. The first-order valence-electron chi connectivity index (χ1n) is 5.96. The molecule has 1 aromatic heterocycles. The van der Waals surface area contributed by atoms with Gasteiger partial charge in [-0.2, -0.15) is 0 Å². The van der Waals surface area contributed by atoms with Crippen molar-refractivity contribution < 1.29 is 5.11 Å². The van der Waals surface area contributed by atoms with Gasteiger partial charge < -0.3 is 10.4 Å². The van der Waals surface area contributed by atoms with E-state index in [-0.39, 0.29) is 17.9 Å². The van der Waals surface area contributed by atoms with Crippen molar-refractivity contribution in [1.29, 1.82) is 0 Å². The summed E-state index contributed by atoms with van der Waals surface area (Å²) < 4.78 is 2.50. The first kappa shape index (κ1) is 14.7. The van der Waals surface area contributed by atoms with Gasteiger partial charge in [0.25, 0.3) is 5.56 Å². The van der Waals surface area contributed by atoms with Crippen molar-refractivity contribution >= 4 is 0 Å². The minimum absolute atomic E-state index is 0.00227. The van der Waals surface area contributed by atoms with Gasteiger partial charge in [-0.15, -0.1) is 0 Å². The topological polar surface area (TPSA) is 76.3 Å². The van der Waals surface area contributed by atoms with Crippen LogP contribution >= 0.6 is 0 Å². The van der Waals surface area contributed by atoms with Gasteiger partial charge >= 0.3 is 5.69 Å². The van der Waals surface area contributed by atoms with E-state index in [2.05, 4.69) is 5.32 Å². The molecule has 1 unspecified atom stereocenters. The highest BCUT2D eigenvalue weighted by atomic mass is 16.3. The van der Waals surface area contributed by atoms with Crippen LogP contribution in [0, 0.1) is 0 Å². The van der Waals surface area contributed by atoms with Crippen LogP contribution in [0.3, 0.4) is 0 Å². The maximum atomic E-state index is 11.7. The highest BCUT2D eigenvalue weighted by molar-refractivity contribution is 5.03. The third-order valence-electron chi connectivity index (χ3n) is 3.45. The lowest BCUT2D eigenvalue weighted by molar-refractivity contribution is 0.168. The van der Waals surface area contributed by atoms with Gasteiger partial charge in [-0.3, -0.25) is 13.9 Å². The van der Waals surface area contributed by atoms with Gasteiger partial charge in [0.05, 0.1) is 6.61 Å². The SMILES string of the molecule is CCC(C)(CO)NCc1cc(=O)n(C)c(=O)n1C. The van der Waals surface area contributed by atoms with Crippen molar-refractivity contribution in [1.82, 2.24) is 14.5 Å². The number of aliphatic hydroxyl groups excluding tert-OH is 1. The predicted molar refractivity (Wildman–Crippen MR) is 69.5 cm³/mol. The Morgan fingerprint density at radius 3 is 2.44 bits per heavy atom. The molecular weight excluding hydrogens is 234 g/mol. The van der Waals surface area contributed by atoms with Crippen LogP contribution in [0.5, 0.6) is 0 Å². The zero-order chi connectivity index (χ0) is 13.9. The quantitative estimate of drug-likeness (QED) is 0.732. The molecule has 1 aromatic rings. The van der Waals surface area contributed by atoms with E-state index in [0.29, 0.717) is 12.2 Å². The number of hydrogen-bond acceptors (Lipinski definition) is 4. The van der Waals surface area contributed by atoms with Crippen molar-refractivity contribution in [2.45, 2.75) is 32.4 Å². The molecule has 0 saturated carbocycles. The van der Waals surface area contributed by atoms with E-state index in [1.165, 1.54) is 17.7 Å². The van der Waals surface area contributed by atoms with Crippen molar-refractivity contribution in [3.05, 3.63) is 32.6 Å². The average Bonchev–Trinajstić information content (AvgIpc) is 2.38. The summed E-state index contributed by atoms with van der Waals surface area (Å²) in [6.45, 7) is 4.23. The summed E-state index contributed by atoms with van der Waals surface area (Å²) in [6.07, 6.45) is 0.752. The third-order valence-corrected chi connectivity index (χ3v) is 3.45. The monoisotopic (exact) mass is 255 g/mol. The van der Waals surface area contributed by atoms with E-state index in [1.54, 1.807) is 7.05 Å².